The fourth-order valence-corrected chi connectivity index (χ4v) is 4.17. The molecule has 0 aliphatic carbocycles. The summed E-state index contributed by atoms with van der Waals surface area (Å²) in [5, 5.41) is 4.78. The maximum Gasteiger partial charge on any atom is 0.257 e. The van der Waals surface area contributed by atoms with Crippen LogP contribution in [0.5, 0.6) is 0 Å². The fourth-order valence-electron chi connectivity index (χ4n) is 4.17. The van der Waals surface area contributed by atoms with Crippen LogP contribution in [0.25, 0.3) is 11.3 Å². The topological polar surface area (TPSA) is 67.2 Å². The second-order valence-electron chi connectivity index (χ2n) is 8.24. The van der Waals surface area contributed by atoms with Crippen molar-refractivity contribution in [1.82, 2.24) is 29.5 Å². The summed E-state index contributed by atoms with van der Waals surface area (Å²) >= 11 is 0. The zero-order valence-corrected chi connectivity index (χ0v) is 18.4. The van der Waals surface area contributed by atoms with Gasteiger partial charge in [-0.05, 0) is 35.4 Å². The van der Waals surface area contributed by atoms with Crippen LogP contribution in [0.1, 0.15) is 21.5 Å². The number of benzene rings is 1. The van der Waals surface area contributed by atoms with E-state index in [4.69, 9.17) is 5.10 Å². The lowest BCUT2D eigenvalue weighted by Gasteiger charge is -2.34. The van der Waals surface area contributed by atoms with E-state index in [1.807, 2.05) is 70.6 Å². The molecule has 0 atom stereocenters. The van der Waals surface area contributed by atoms with Crippen molar-refractivity contribution in [2.75, 3.05) is 26.2 Å². The molecular weight excluding hydrogens is 412 g/mol. The summed E-state index contributed by atoms with van der Waals surface area (Å²) in [6, 6.07) is 18.1. The molecule has 0 unspecified atom stereocenters. The minimum Gasteiger partial charge on any atom is -0.336 e. The summed E-state index contributed by atoms with van der Waals surface area (Å²) in [6.45, 7) is 4.56. The van der Waals surface area contributed by atoms with Crippen molar-refractivity contribution in [3.05, 3.63) is 102 Å². The molecular formula is C26H26N6O. The SMILES string of the molecule is O=C(c1cn(Cc2ccccc2)nc1-c1cccnc1)N1CCN(Cc2ccncc2)CC1. The number of carbonyl (C=O) groups is 1. The third-order valence-corrected chi connectivity index (χ3v) is 5.93. The standard InChI is InChI=1S/C26H26N6O/c33-26(31-15-13-30(14-16-31)18-22-8-11-27-12-9-22)24-20-32(19-21-5-2-1-3-6-21)29-25(24)23-7-4-10-28-17-23/h1-12,17,20H,13-16,18-19H2. The lowest BCUT2D eigenvalue weighted by Crippen LogP contribution is -2.48. The van der Waals surface area contributed by atoms with Gasteiger partial charge in [-0.15, -0.1) is 0 Å². The van der Waals surface area contributed by atoms with E-state index in [-0.39, 0.29) is 5.91 Å². The number of nitrogens with zero attached hydrogens (tertiary/aromatic N) is 6. The minimum atomic E-state index is 0.0247. The smallest absolute Gasteiger partial charge is 0.257 e. The molecule has 166 valence electrons. The quantitative estimate of drug-likeness (QED) is 0.462. The average molecular weight is 439 g/mol. The van der Waals surface area contributed by atoms with Crippen LogP contribution in [0, 0.1) is 0 Å². The van der Waals surface area contributed by atoms with Gasteiger partial charge in [0, 0.05) is 69.3 Å². The van der Waals surface area contributed by atoms with Crippen LogP contribution in [0.4, 0.5) is 0 Å². The molecule has 0 N–H and O–H groups in total. The molecule has 7 heteroatoms. The van der Waals surface area contributed by atoms with Crippen LogP contribution < -0.4 is 0 Å². The molecule has 0 spiro atoms. The van der Waals surface area contributed by atoms with E-state index in [0.29, 0.717) is 30.9 Å². The molecule has 0 saturated carbocycles. The Labute approximate surface area is 193 Å². The van der Waals surface area contributed by atoms with Crippen molar-refractivity contribution >= 4 is 5.91 Å². The van der Waals surface area contributed by atoms with Gasteiger partial charge < -0.3 is 4.90 Å². The predicted molar refractivity (Wildman–Crippen MR) is 126 cm³/mol. The second kappa shape index (κ2) is 9.75. The Morgan fingerprint density at radius 3 is 2.27 bits per heavy atom. The molecule has 7 nitrogen and oxygen atoms in total. The Bertz CT molecular complexity index is 1190. The number of amides is 1. The van der Waals surface area contributed by atoms with E-state index in [9.17, 15) is 4.79 Å². The van der Waals surface area contributed by atoms with E-state index >= 15 is 0 Å². The molecule has 1 amide bonds. The molecule has 3 aromatic heterocycles. The van der Waals surface area contributed by atoms with Gasteiger partial charge in [-0.1, -0.05) is 30.3 Å². The predicted octanol–water partition coefficient (Wildman–Crippen LogP) is 3.35. The number of rotatable bonds is 6. The normalized spacial score (nSPS) is 14.4. The average Bonchev–Trinajstić information content (AvgIpc) is 3.29. The highest BCUT2D eigenvalue weighted by Gasteiger charge is 2.26. The minimum absolute atomic E-state index is 0.0247. The first kappa shape index (κ1) is 21.0. The van der Waals surface area contributed by atoms with Crippen molar-refractivity contribution in [2.24, 2.45) is 0 Å². The van der Waals surface area contributed by atoms with Gasteiger partial charge in [0.15, 0.2) is 0 Å². The van der Waals surface area contributed by atoms with Gasteiger partial charge in [0.1, 0.15) is 5.69 Å². The Morgan fingerprint density at radius 2 is 1.55 bits per heavy atom. The fraction of sp³-hybridized carbons (Fsp3) is 0.231. The lowest BCUT2D eigenvalue weighted by molar-refractivity contribution is 0.0629. The van der Waals surface area contributed by atoms with Crippen molar-refractivity contribution in [1.29, 1.82) is 0 Å². The highest BCUT2D eigenvalue weighted by atomic mass is 16.2. The summed E-state index contributed by atoms with van der Waals surface area (Å²) in [5.74, 6) is 0.0247. The molecule has 33 heavy (non-hydrogen) atoms. The summed E-state index contributed by atoms with van der Waals surface area (Å²) in [7, 11) is 0. The maximum absolute atomic E-state index is 13.6. The Balaban J connectivity index is 1.33. The van der Waals surface area contributed by atoms with Gasteiger partial charge >= 0.3 is 0 Å². The van der Waals surface area contributed by atoms with E-state index < -0.39 is 0 Å². The van der Waals surface area contributed by atoms with E-state index in [1.165, 1.54) is 5.56 Å². The van der Waals surface area contributed by atoms with Gasteiger partial charge in [0.2, 0.25) is 0 Å². The molecule has 4 heterocycles. The van der Waals surface area contributed by atoms with E-state index in [0.717, 1.165) is 30.8 Å². The van der Waals surface area contributed by atoms with Gasteiger partial charge in [0.25, 0.3) is 5.91 Å². The summed E-state index contributed by atoms with van der Waals surface area (Å²) in [5.41, 5.74) is 4.54. The highest BCUT2D eigenvalue weighted by Crippen LogP contribution is 2.24. The Hall–Kier alpha value is -3.84. The number of hydrogen-bond acceptors (Lipinski definition) is 5. The van der Waals surface area contributed by atoms with Crippen LogP contribution in [-0.2, 0) is 13.1 Å². The number of pyridine rings is 2. The van der Waals surface area contributed by atoms with Crippen molar-refractivity contribution in [3.8, 4) is 11.3 Å². The third-order valence-electron chi connectivity index (χ3n) is 5.93. The van der Waals surface area contributed by atoms with Crippen LogP contribution in [0.15, 0.2) is 85.6 Å². The molecule has 5 rings (SSSR count). The molecule has 0 radical (unpaired) electrons. The number of carbonyl (C=O) groups excluding carboxylic acids is 1. The monoisotopic (exact) mass is 438 g/mol. The first-order valence-corrected chi connectivity index (χ1v) is 11.2. The number of piperazine rings is 1. The number of aromatic nitrogens is 4. The van der Waals surface area contributed by atoms with Crippen LogP contribution >= 0.6 is 0 Å². The van der Waals surface area contributed by atoms with Crippen molar-refractivity contribution < 1.29 is 4.79 Å². The van der Waals surface area contributed by atoms with E-state index in [2.05, 4.69) is 27.0 Å². The molecule has 1 fully saturated rings. The Kier molecular flexibility index (Phi) is 6.21. The van der Waals surface area contributed by atoms with Crippen LogP contribution in [-0.4, -0.2) is 61.6 Å². The molecule has 4 aromatic rings. The largest absolute Gasteiger partial charge is 0.336 e. The van der Waals surface area contributed by atoms with Gasteiger partial charge in [-0.2, -0.15) is 5.10 Å². The first-order valence-electron chi connectivity index (χ1n) is 11.2. The van der Waals surface area contributed by atoms with Gasteiger partial charge in [-0.3, -0.25) is 24.3 Å². The maximum atomic E-state index is 13.6. The Morgan fingerprint density at radius 1 is 0.788 bits per heavy atom. The number of hydrogen-bond donors (Lipinski definition) is 0. The zero-order valence-electron chi connectivity index (χ0n) is 18.4. The lowest BCUT2D eigenvalue weighted by atomic mass is 10.1. The summed E-state index contributed by atoms with van der Waals surface area (Å²) in [6.07, 6.45) is 9.01. The van der Waals surface area contributed by atoms with Crippen LogP contribution in [0.2, 0.25) is 0 Å². The van der Waals surface area contributed by atoms with Crippen LogP contribution in [0.3, 0.4) is 0 Å². The summed E-state index contributed by atoms with van der Waals surface area (Å²) in [4.78, 5) is 26.2. The highest BCUT2D eigenvalue weighted by molar-refractivity contribution is 5.99. The molecule has 1 aliphatic heterocycles. The molecule has 1 aromatic carbocycles. The van der Waals surface area contributed by atoms with Gasteiger partial charge in [0.05, 0.1) is 12.1 Å². The van der Waals surface area contributed by atoms with Gasteiger partial charge in [-0.25, -0.2) is 0 Å². The van der Waals surface area contributed by atoms with E-state index in [1.54, 1.807) is 12.4 Å². The first-order chi connectivity index (χ1) is 16.3. The summed E-state index contributed by atoms with van der Waals surface area (Å²) < 4.78 is 1.85. The zero-order chi connectivity index (χ0) is 22.5. The third kappa shape index (κ3) is 4.99. The molecule has 1 aliphatic rings. The molecule has 0 bridgehead atoms. The second-order valence-corrected chi connectivity index (χ2v) is 8.24. The van der Waals surface area contributed by atoms with Crippen molar-refractivity contribution in [3.63, 3.8) is 0 Å². The van der Waals surface area contributed by atoms with Crippen molar-refractivity contribution in [2.45, 2.75) is 13.1 Å². The molecule has 1 saturated heterocycles.